The van der Waals surface area contributed by atoms with Crippen LogP contribution in [0.5, 0.6) is 0 Å². The lowest BCUT2D eigenvalue weighted by Gasteiger charge is -2.36. The molecule has 0 radical (unpaired) electrons. The van der Waals surface area contributed by atoms with Gasteiger partial charge in [-0.25, -0.2) is 0 Å². The topological polar surface area (TPSA) is 29.1 Å². The van der Waals surface area contributed by atoms with Gasteiger partial charge in [0.05, 0.1) is 5.02 Å². The Morgan fingerprint density at radius 2 is 1.92 bits per heavy atom. The van der Waals surface area contributed by atoms with E-state index in [0.717, 1.165) is 40.0 Å². The van der Waals surface area contributed by atoms with E-state index < -0.39 is 0 Å². The molecule has 4 heteroatoms. The molecule has 0 aromatic heterocycles. The van der Waals surface area contributed by atoms with Gasteiger partial charge in [-0.3, -0.25) is 4.79 Å². The van der Waals surface area contributed by atoms with Gasteiger partial charge in [0.25, 0.3) is 0 Å². The first kappa shape index (κ1) is 18.0. The summed E-state index contributed by atoms with van der Waals surface area (Å²) in [6, 6.07) is 4.06. The molecule has 0 bridgehead atoms. The van der Waals surface area contributed by atoms with Gasteiger partial charge >= 0.3 is 0 Å². The quantitative estimate of drug-likeness (QED) is 0.485. The molecule has 3 rings (SSSR count). The number of allylic oxidation sites excluding steroid dienone is 1. The zero-order chi connectivity index (χ0) is 17.3. The van der Waals surface area contributed by atoms with Gasteiger partial charge in [0.15, 0.2) is 5.78 Å². The lowest BCUT2D eigenvalue weighted by atomic mass is 9.85. The smallest absolute Gasteiger partial charge is 0.160 e. The van der Waals surface area contributed by atoms with E-state index in [9.17, 15) is 4.79 Å². The first-order chi connectivity index (χ1) is 11.4. The van der Waals surface area contributed by atoms with Gasteiger partial charge in [-0.1, -0.05) is 37.3 Å². The van der Waals surface area contributed by atoms with Crippen molar-refractivity contribution >= 4 is 39.0 Å². The van der Waals surface area contributed by atoms with Gasteiger partial charge in [0, 0.05) is 33.3 Å². The highest BCUT2D eigenvalue weighted by molar-refractivity contribution is 9.10. The number of halogens is 2. The van der Waals surface area contributed by atoms with Crippen LogP contribution < -0.4 is 5.32 Å². The van der Waals surface area contributed by atoms with Crippen molar-refractivity contribution in [2.45, 2.75) is 64.3 Å². The number of hydrogen-bond donors (Lipinski definition) is 1. The molecule has 130 valence electrons. The molecule has 1 aliphatic carbocycles. The van der Waals surface area contributed by atoms with Crippen molar-refractivity contribution in [1.82, 2.24) is 5.32 Å². The van der Waals surface area contributed by atoms with Crippen molar-refractivity contribution in [3.05, 3.63) is 38.8 Å². The Balaban J connectivity index is 1.94. The van der Waals surface area contributed by atoms with Crippen LogP contribution in [0.2, 0.25) is 5.02 Å². The van der Waals surface area contributed by atoms with Crippen molar-refractivity contribution in [3.8, 4) is 0 Å². The van der Waals surface area contributed by atoms with Crippen LogP contribution in [0.3, 0.4) is 0 Å². The predicted octanol–water partition coefficient (Wildman–Crippen LogP) is 5.91. The highest BCUT2D eigenvalue weighted by Gasteiger charge is 2.29. The minimum atomic E-state index is -0.0836. The fourth-order valence-electron chi connectivity index (χ4n) is 3.88. The molecule has 0 unspecified atom stereocenters. The molecular weight excluding hydrogens is 386 g/mol. The lowest BCUT2D eigenvalue weighted by molar-refractivity contribution is -0.118. The van der Waals surface area contributed by atoms with Crippen LogP contribution in [0.1, 0.15) is 63.5 Å². The molecule has 1 saturated carbocycles. The van der Waals surface area contributed by atoms with E-state index in [1.807, 2.05) is 18.2 Å². The van der Waals surface area contributed by atoms with E-state index >= 15 is 0 Å². The summed E-state index contributed by atoms with van der Waals surface area (Å²) < 4.78 is 0.872. The number of hydrogen-bond acceptors (Lipinski definition) is 2. The summed E-state index contributed by atoms with van der Waals surface area (Å²) in [5, 5.41) is 4.28. The molecule has 0 amide bonds. The predicted molar refractivity (Wildman–Crippen MR) is 104 cm³/mol. The van der Waals surface area contributed by atoms with E-state index in [0.29, 0.717) is 0 Å². The Morgan fingerprint density at radius 3 is 2.58 bits per heavy atom. The molecule has 24 heavy (non-hydrogen) atoms. The zero-order valence-electron chi connectivity index (χ0n) is 14.4. The number of carbonyl (C=O) groups is 1. The van der Waals surface area contributed by atoms with E-state index in [-0.39, 0.29) is 17.2 Å². The van der Waals surface area contributed by atoms with Crippen molar-refractivity contribution in [2.24, 2.45) is 5.92 Å². The number of benzene rings is 1. The number of ketones is 1. The first-order valence-electron chi connectivity index (χ1n) is 8.88. The monoisotopic (exact) mass is 409 g/mol. The van der Waals surface area contributed by atoms with Crippen LogP contribution >= 0.6 is 27.5 Å². The molecule has 1 N–H and O–H groups in total. The summed E-state index contributed by atoms with van der Waals surface area (Å²) >= 11 is 9.79. The van der Waals surface area contributed by atoms with Crippen molar-refractivity contribution in [2.75, 3.05) is 0 Å². The highest BCUT2D eigenvalue weighted by Crippen LogP contribution is 2.36. The Labute approximate surface area is 158 Å². The first-order valence-corrected chi connectivity index (χ1v) is 10.0. The van der Waals surface area contributed by atoms with Crippen molar-refractivity contribution in [3.63, 3.8) is 0 Å². The molecule has 1 aromatic rings. The average Bonchev–Trinajstić information content (AvgIpc) is 2.77. The van der Waals surface area contributed by atoms with Crippen LogP contribution in [0, 0.1) is 5.92 Å². The number of carbonyl (C=O) groups excluding carboxylic acids is 1. The van der Waals surface area contributed by atoms with Gasteiger partial charge in [-0.2, -0.15) is 0 Å². The lowest BCUT2D eigenvalue weighted by Crippen LogP contribution is -2.44. The minimum Gasteiger partial charge on any atom is -0.379 e. The van der Waals surface area contributed by atoms with Gasteiger partial charge in [0.1, 0.15) is 0 Å². The third-order valence-corrected chi connectivity index (χ3v) is 6.28. The van der Waals surface area contributed by atoms with E-state index in [1.165, 1.54) is 31.2 Å². The largest absolute Gasteiger partial charge is 0.379 e. The summed E-state index contributed by atoms with van der Waals surface area (Å²) in [4.78, 5) is 12.8. The van der Waals surface area contributed by atoms with Gasteiger partial charge in [0.2, 0.25) is 0 Å². The van der Waals surface area contributed by atoms with E-state index in [4.69, 9.17) is 11.6 Å². The molecule has 0 atom stereocenters. The molecule has 0 saturated heterocycles. The molecule has 0 spiro atoms. The van der Waals surface area contributed by atoms with Gasteiger partial charge in [-0.15, -0.1) is 0 Å². The minimum absolute atomic E-state index is 0.0836. The summed E-state index contributed by atoms with van der Waals surface area (Å²) in [5.41, 5.74) is 3.15. The molecular formula is C20H25BrClNO. The van der Waals surface area contributed by atoms with E-state index in [2.05, 4.69) is 35.1 Å². The second kappa shape index (κ2) is 7.21. The molecule has 2 aliphatic rings. The highest BCUT2D eigenvalue weighted by atomic mass is 79.9. The number of fused-ring (bicyclic) bond motifs is 1. The Morgan fingerprint density at radius 1 is 1.25 bits per heavy atom. The Hall–Kier alpha value is -0.800. The van der Waals surface area contributed by atoms with Crippen LogP contribution in [0.25, 0.3) is 5.70 Å². The number of rotatable bonds is 2. The molecule has 1 aromatic carbocycles. The van der Waals surface area contributed by atoms with Crippen LogP contribution in [-0.2, 0) is 11.2 Å². The molecule has 1 aliphatic heterocycles. The molecule has 1 heterocycles. The van der Waals surface area contributed by atoms with Crippen molar-refractivity contribution < 1.29 is 4.79 Å². The maximum atomic E-state index is 12.8. The number of nitrogens with one attached hydrogen (secondary N) is 1. The van der Waals surface area contributed by atoms with Crippen LogP contribution in [-0.4, -0.2) is 11.3 Å². The summed E-state index contributed by atoms with van der Waals surface area (Å²) in [5.74, 6) is 0.458. The summed E-state index contributed by atoms with van der Waals surface area (Å²) in [6.07, 6.45) is 9.68. The third-order valence-electron chi connectivity index (χ3n) is 5.09. The fourth-order valence-corrected chi connectivity index (χ4v) is 4.40. The maximum Gasteiger partial charge on any atom is 0.160 e. The molecule has 2 nitrogen and oxygen atoms in total. The summed E-state index contributed by atoms with van der Waals surface area (Å²) in [6.45, 7) is 4.33. The summed E-state index contributed by atoms with van der Waals surface area (Å²) in [7, 11) is 0. The SMILES string of the molecule is CC1(C)Cc2cc(Cl)c(Br)cc2C(=CC(=O)C2CCCCCC2)N1. The standard InChI is InChI=1S/C20H25BrClNO/c1-20(2)12-14-9-17(22)16(21)10-15(14)18(23-20)11-19(24)13-7-5-3-4-6-8-13/h9-11,13,23H,3-8,12H2,1-2H3. The van der Waals surface area contributed by atoms with Crippen molar-refractivity contribution in [1.29, 1.82) is 0 Å². The fraction of sp³-hybridized carbons (Fsp3) is 0.550. The zero-order valence-corrected chi connectivity index (χ0v) is 16.8. The van der Waals surface area contributed by atoms with Crippen LogP contribution in [0.4, 0.5) is 0 Å². The second-order valence-electron chi connectivity index (χ2n) is 7.76. The Bertz CT molecular complexity index is 672. The van der Waals surface area contributed by atoms with Gasteiger partial charge in [-0.05, 0) is 66.7 Å². The third kappa shape index (κ3) is 4.05. The van der Waals surface area contributed by atoms with E-state index in [1.54, 1.807) is 0 Å². The Kier molecular flexibility index (Phi) is 5.41. The average molecular weight is 411 g/mol. The normalized spacial score (nSPS) is 22.6. The second-order valence-corrected chi connectivity index (χ2v) is 9.02. The van der Waals surface area contributed by atoms with Gasteiger partial charge < -0.3 is 5.32 Å². The van der Waals surface area contributed by atoms with Crippen LogP contribution in [0.15, 0.2) is 22.7 Å². The maximum absolute atomic E-state index is 12.8. The molecule has 1 fully saturated rings.